The molecule has 0 N–H and O–H groups in total. The minimum Gasteiger partial charge on any atom is -0.378 e. The van der Waals surface area contributed by atoms with Crippen molar-refractivity contribution in [3.05, 3.63) is 16.1 Å². The van der Waals surface area contributed by atoms with Gasteiger partial charge in [0.25, 0.3) is 0 Å². The number of thiazole rings is 1. The van der Waals surface area contributed by atoms with Crippen LogP contribution in [0.15, 0.2) is 5.51 Å². The van der Waals surface area contributed by atoms with Gasteiger partial charge >= 0.3 is 0 Å². The number of halogens is 1. The van der Waals surface area contributed by atoms with Gasteiger partial charge in [-0.1, -0.05) is 0 Å². The van der Waals surface area contributed by atoms with Crippen molar-refractivity contribution in [2.24, 2.45) is 5.41 Å². The Morgan fingerprint density at radius 3 is 3.00 bits per heavy atom. The average Bonchev–Trinajstić information content (AvgIpc) is 2.84. The van der Waals surface area contributed by atoms with Crippen molar-refractivity contribution in [2.75, 3.05) is 12.5 Å². The van der Waals surface area contributed by atoms with Crippen molar-refractivity contribution in [1.29, 1.82) is 0 Å². The first-order valence-corrected chi connectivity index (χ1v) is 7.16. The van der Waals surface area contributed by atoms with Crippen LogP contribution in [0.3, 0.4) is 0 Å². The van der Waals surface area contributed by atoms with Gasteiger partial charge in [-0.05, 0) is 33.1 Å². The lowest BCUT2D eigenvalue weighted by Gasteiger charge is -2.29. The first-order valence-electron chi connectivity index (χ1n) is 5.74. The summed E-state index contributed by atoms with van der Waals surface area (Å²) in [4.78, 5) is 5.68. The number of ether oxygens (including phenoxy) is 1. The highest BCUT2D eigenvalue weighted by atomic mass is 35.5. The summed E-state index contributed by atoms with van der Waals surface area (Å²) in [5.41, 5.74) is 3.27. The molecule has 0 aliphatic carbocycles. The van der Waals surface area contributed by atoms with Crippen LogP contribution < -0.4 is 0 Å². The van der Waals surface area contributed by atoms with E-state index in [1.807, 2.05) is 5.51 Å². The molecule has 0 bridgehead atoms. The molecule has 1 aromatic rings. The van der Waals surface area contributed by atoms with Gasteiger partial charge in [0, 0.05) is 22.8 Å². The van der Waals surface area contributed by atoms with Gasteiger partial charge in [0.2, 0.25) is 0 Å². The molecule has 1 fully saturated rings. The molecule has 16 heavy (non-hydrogen) atoms. The van der Waals surface area contributed by atoms with Gasteiger partial charge in [0.15, 0.2) is 0 Å². The Balaban J connectivity index is 2.00. The quantitative estimate of drug-likeness (QED) is 0.773. The van der Waals surface area contributed by atoms with Gasteiger partial charge < -0.3 is 4.74 Å². The van der Waals surface area contributed by atoms with E-state index in [4.69, 9.17) is 16.3 Å². The molecule has 2 unspecified atom stereocenters. The Hall–Kier alpha value is -0.120. The number of alkyl halides is 1. The number of hydrogen-bond acceptors (Lipinski definition) is 3. The van der Waals surface area contributed by atoms with Crippen molar-refractivity contribution in [3.8, 4) is 0 Å². The van der Waals surface area contributed by atoms with Gasteiger partial charge in [-0.15, -0.1) is 22.9 Å². The molecular weight excluding hydrogens is 242 g/mol. The molecule has 0 amide bonds. The topological polar surface area (TPSA) is 22.1 Å². The van der Waals surface area contributed by atoms with E-state index in [1.54, 1.807) is 11.3 Å². The fourth-order valence-corrected chi connectivity index (χ4v) is 3.58. The average molecular weight is 260 g/mol. The van der Waals surface area contributed by atoms with Gasteiger partial charge in [0.1, 0.15) is 0 Å². The first kappa shape index (κ1) is 12.3. The summed E-state index contributed by atoms with van der Waals surface area (Å²) in [6, 6.07) is 0. The zero-order chi connectivity index (χ0) is 11.6. The maximum absolute atomic E-state index is 6.15. The fraction of sp³-hybridized carbons (Fsp3) is 0.750. The predicted molar refractivity (Wildman–Crippen MR) is 68.4 cm³/mol. The van der Waals surface area contributed by atoms with E-state index in [0.29, 0.717) is 12.0 Å². The van der Waals surface area contributed by atoms with Gasteiger partial charge in [-0.2, -0.15) is 0 Å². The van der Waals surface area contributed by atoms with Crippen molar-refractivity contribution in [2.45, 2.75) is 39.2 Å². The second-order valence-corrected chi connectivity index (χ2v) is 5.83. The lowest BCUT2D eigenvalue weighted by atomic mass is 9.79. The summed E-state index contributed by atoms with van der Waals surface area (Å²) >= 11 is 7.90. The normalized spacial score (nSPS) is 29.8. The molecule has 2 atom stereocenters. The minimum atomic E-state index is 0.179. The number of hydrogen-bond donors (Lipinski definition) is 0. The number of nitrogens with zero attached hydrogens (tertiary/aromatic N) is 1. The molecule has 4 heteroatoms. The SMILES string of the molecule is Cc1ncsc1CCC1(CCl)CCOC1C. The Kier molecular flexibility index (Phi) is 3.88. The number of aryl methyl sites for hydroxylation is 2. The molecule has 0 spiro atoms. The van der Waals surface area contributed by atoms with E-state index in [1.165, 1.54) is 10.6 Å². The van der Waals surface area contributed by atoms with E-state index in [2.05, 4.69) is 18.8 Å². The molecule has 2 heterocycles. The highest BCUT2D eigenvalue weighted by Crippen LogP contribution is 2.40. The van der Waals surface area contributed by atoms with E-state index in [9.17, 15) is 0 Å². The van der Waals surface area contributed by atoms with E-state index in [-0.39, 0.29) is 5.41 Å². The summed E-state index contributed by atoms with van der Waals surface area (Å²) in [5, 5.41) is 0. The Bertz CT molecular complexity index is 355. The van der Waals surface area contributed by atoms with Gasteiger partial charge in [-0.25, -0.2) is 4.98 Å². The van der Waals surface area contributed by atoms with Gasteiger partial charge in [0.05, 0.1) is 17.3 Å². The van der Waals surface area contributed by atoms with Crippen LogP contribution in [0, 0.1) is 12.3 Å². The molecule has 2 rings (SSSR count). The molecule has 0 aromatic carbocycles. The molecule has 0 radical (unpaired) electrons. The minimum absolute atomic E-state index is 0.179. The van der Waals surface area contributed by atoms with E-state index < -0.39 is 0 Å². The van der Waals surface area contributed by atoms with Crippen LogP contribution in [0.5, 0.6) is 0 Å². The van der Waals surface area contributed by atoms with Crippen molar-refractivity contribution >= 4 is 22.9 Å². The van der Waals surface area contributed by atoms with Crippen LogP contribution in [0.1, 0.15) is 30.3 Å². The van der Waals surface area contributed by atoms with Crippen LogP contribution >= 0.6 is 22.9 Å². The lowest BCUT2D eigenvalue weighted by molar-refractivity contribution is 0.0697. The van der Waals surface area contributed by atoms with Crippen molar-refractivity contribution in [3.63, 3.8) is 0 Å². The van der Waals surface area contributed by atoms with Gasteiger partial charge in [-0.3, -0.25) is 0 Å². The summed E-state index contributed by atoms with van der Waals surface area (Å²) < 4.78 is 5.66. The third-order valence-corrected chi connectivity index (χ3v) is 5.32. The maximum atomic E-state index is 6.15. The molecule has 1 aromatic heterocycles. The van der Waals surface area contributed by atoms with Crippen LogP contribution in [0.25, 0.3) is 0 Å². The zero-order valence-electron chi connectivity index (χ0n) is 9.83. The molecule has 0 saturated carbocycles. The number of rotatable bonds is 4. The molecule has 1 aliphatic rings. The van der Waals surface area contributed by atoms with Crippen molar-refractivity contribution in [1.82, 2.24) is 4.98 Å². The second-order valence-electron chi connectivity index (χ2n) is 4.62. The highest BCUT2D eigenvalue weighted by Gasteiger charge is 2.40. The Labute approximate surface area is 106 Å². The molecule has 2 nitrogen and oxygen atoms in total. The molecule has 1 aliphatic heterocycles. The molecule has 1 saturated heterocycles. The highest BCUT2D eigenvalue weighted by molar-refractivity contribution is 7.09. The predicted octanol–water partition coefficient (Wildman–Crippen LogP) is 3.42. The van der Waals surface area contributed by atoms with E-state index in [0.717, 1.165) is 25.9 Å². The fourth-order valence-electron chi connectivity index (χ4n) is 2.32. The van der Waals surface area contributed by atoms with Crippen LogP contribution in [0.4, 0.5) is 0 Å². The maximum Gasteiger partial charge on any atom is 0.0797 e. The van der Waals surface area contributed by atoms with Crippen LogP contribution in [0.2, 0.25) is 0 Å². The second kappa shape index (κ2) is 5.03. The van der Waals surface area contributed by atoms with Crippen LogP contribution in [-0.2, 0) is 11.2 Å². The zero-order valence-corrected chi connectivity index (χ0v) is 11.4. The summed E-state index contributed by atoms with van der Waals surface area (Å²) in [7, 11) is 0. The summed E-state index contributed by atoms with van der Waals surface area (Å²) in [6.07, 6.45) is 3.57. The van der Waals surface area contributed by atoms with E-state index >= 15 is 0 Å². The van der Waals surface area contributed by atoms with Crippen molar-refractivity contribution < 1.29 is 4.74 Å². The molecule has 90 valence electrons. The number of aromatic nitrogens is 1. The van der Waals surface area contributed by atoms with Crippen LogP contribution in [-0.4, -0.2) is 23.6 Å². The Morgan fingerprint density at radius 1 is 1.69 bits per heavy atom. The lowest BCUT2D eigenvalue weighted by Crippen LogP contribution is -2.31. The third-order valence-electron chi connectivity index (χ3n) is 3.79. The molecular formula is C12H18ClNOS. The first-order chi connectivity index (χ1) is 7.68. The largest absolute Gasteiger partial charge is 0.378 e. The third kappa shape index (κ3) is 2.27. The summed E-state index contributed by atoms with van der Waals surface area (Å²) in [6.45, 7) is 5.08. The monoisotopic (exact) mass is 259 g/mol. The summed E-state index contributed by atoms with van der Waals surface area (Å²) in [5.74, 6) is 0.700. The smallest absolute Gasteiger partial charge is 0.0797 e. The standard InChI is InChI=1S/C12H18ClNOS/c1-9-11(16-8-14-9)3-4-12(7-13)5-6-15-10(12)2/h8,10H,3-7H2,1-2H3. The Morgan fingerprint density at radius 2 is 2.50 bits per heavy atom.